The highest BCUT2D eigenvalue weighted by atomic mass is 32.2. The molecule has 0 spiro atoms. The summed E-state index contributed by atoms with van der Waals surface area (Å²) in [5, 5.41) is 0.727. The molecule has 2 fully saturated rings. The van der Waals surface area contributed by atoms with Crippen molar-refractivity contribution in [1.82, 2.24) is 18.8 Å². The molecule has 2 atom stereocenters. The molecule has 1 amide bonds. The number of ether oxygens (including phenoxy) is 2. The largest absolute Gasteiger partial charge is 0.481 e. The number of benzene rings is 1. The zero-order chi connectivity index (χ0) is 29.6. The number of nitrogens with zero attached hydrogens (tertiary/aromatic N) is 5. The summed E-state index contributed by atoms with van der Waals surface area (Å²) in [6.45, 7) is 6.88. The predicted octanol–water partition coefficient (Wildman–Crippen LogP) is 5.07. The van der Waals surface area contributed by atoms with E-state index in [1.807, 2.05) is 56.0 Å². The van der Waals surface area contributed by atoms with Gasteiger partial charge in [0, 0.05) is 48.2 Å². The molecule has 2 aliphatic rings. The zero-order valence-corrected chi connectivity index (χ0v) is 25.0. The molecule has 42 heavy (non-hydrogen) atoms. The quantitative estimate of drug-likeness (QED) is 0.307. The fourth-order valence-corrected chi connectivity index (χ4v) is 7.67. The van der Waals surface area contributed by atoms with Crippen molar-refractivity contribution in [3.8, 4) is 17.1 Å². The number of methoxy groups -OCH3 is 1. The smallest absolute Gasteiger partial charge is 0.410 e. The normalized spacial score (nSPS) is 18.9. The van der Waals surface area contributed by atoms with E-state index in [1.165, 1.54) is 11.1 Å². The van der Waals surface area contributed by atoms with Gasteiger partial charge in [0.2, 0.25) is 15.9 Å². The topological polar surface area (TPSA) is 107 Å². The summed E-state index contributed by atoms with van der Waals surface area (Å²) < 4.78 is 40.5. The Balaban J connectivity index is 1.43. The molecule has 2 bridgehead atoms. The second kappa shape index (κ2) is 10.6. The molecule has 2 saturated heterocycles. The van der Waals surface area contributed by atoms with Gasteiger partial charge in [-0.25, -0.2) is 27.2 Å². The fourth-order valence-electron chi connectivity index (χ4n) is 6.06. The Kier molecular flexibility index (Phi) is 7.08. The van der Waals surface area contributed by atoms with Crippen LogP contribution in [-0.4, -0.2) is 71.2 Å². The lowest BCUT2D eigenvalue weighted by Gasteiger charge is -2.42. The van der Waals surface area contributed by atoms with Gasteiger partial charge < -0.3 is 14.4 Å². The summed E-state index contributed by atoms with van der Waals surface area (Å²) in [6, 6.07) is 16.4. The Labute approximate surface area is 245 Å². The standard InChI is InChI=1S/C31H35N5O5S/c1-31(2,3)41-30(37)35-23-10-11-24(35)19-34(18-23)26-13-15-33-29-25(26)17-27(22-12-14-32-28(16-22)40-4)36(29)42(38,39)20-21-8-6-5-7-9-21/h5-9,12-17,23-24H,10-11,18-20H2,1-4H3. The first-order chi connectivity index (χ1) is 20.0. The van der Waals surface area contributed by atoms with Crippen LogP contribution in [0.15, 0.2) is 67.0 Å². The van der Waals surface area contributed by atoms with Crippen LogP contribution in [-0.2, 0) is 20.5 Å². The third kappa shape index (κ3) is 5.29. The molecule has 0 radical (unpaired) electrons. The molecule has 10 nitrogen and oxygen atoms in total. The minimum absolute atomic E-state index is 0.00893. The Morgan fingerprint density at radius 2 is 1.67 bits per heavy atom. The third-order valence-corrected chi connectivity index (χ3v) is 9.40. The van der Waals surface area contributed by atoms with Crippen molar-refractivity contribution in [3.63, 3.8) is 0 Å². The van der Waals surface area contributed by atoms with Crippen molar-refractivity contribution in [1.29, 1.82) is 0 Å². The number of pyridine rings is 2. The summed E-state index contributed by atoms with van der Waals surface area (Å²) in [5.41, 5.74) is 2.50. The number of hydrogen-bond donors (Lipinski definition) is 0. The Morgan fingerprint density at radius 3 is 2.33 bits per heavy atom. The summed E-state index contributed by atoms with van der Waals surface area (Å²) in [7, 11) is -2.36. The number of carbonyl (C=O) groups is 1. The van der Waals surface area contributed by atoms with Crippen LogP contribution in [0.25, 0.3) is 22.3 Å². The maximum atomic E-state index is 14.1. The predicted molar refractivity (Wildman–Crippen MR) is 161 cm³/mol. The number of piperazine rings is 1. The van der Waals surface area contributed by atoms with Crippen LogP contribution >= 0.6 is 0 Å². The molecule has 1 aromatic carbocycles. The first-order valence-corrected chi connectivity index (χ1v) is 15.7. The van der Waals surface area contributed by atoms with E-state index >= 15 is 0 Å². The third-order valence-electron chi connectivity index (χ3n) is 7.78. The summed E-state index contributed by atoms with van der Waals surface area (Å²) in [6.07, 6.45) is 4.76. The van der Waals surface area contributed by atoms with Gasteiger partial charge in [-0.05, 0) is 57.4 Å². The fraction of sp³-hybridized carbons (Fsp3) is 0.387. The van der Waals surface area contributed by atoms with Crippen molar-refractivity contribution in [2.75, 3.05) is 25.1 Å². The van der Waals surface area contributed by atoms with Crippen LogP contribution in [0.3, 0.4) is 0 Å². The highest BCUT2D eigenvalue weighted by molar-refractivity contribution is 7.89. The SMILES string of the molecule is COc1cc(-c2cc3c(N4CC5CCC(C4)N5C(=O)OC(C)(C)C)ccnc3n2S(=O)(=O)Cc2ccccc2)ccn1. The number of hydrogen-bond acceptors (Lipinski definition) is 8. The molecule has 3 aromatic heterocycles. The molecule has 0 aliphatic carbocycles. The molecule has 0 saturated carbocycles. The number of aromatic nitrogens is 3. The minimum Gasteiger partial charge on any atom is -0.481 e. The van der Waals surface area contributed by atoms with Crippen molar-refractivity contribution >= 4 is 32.8 Å². The molecule has 6 rings (SSSR count). The first-order valence-electron chi connectivity index (χ1n) is 14.1. The minimum atomic E-state index is -3.88. The number of carbonyl (C=O) groups excluding carboxylic acids is 1. The summed E-state index contributed by atoms with van der Waals surface area (Å²) >= 11 is 0. The maximum absolute atomic E-state index is 14.1. The Morgan fingerprint density at radius 1 is 0.976 bits per heavy atom. The lowest BCUT2D eigenvalue weighted by atomic mass is 10.1. The van der Waals surface area contributed by atoms with Crippen molar-refractivity contribution < 1.29 is 22.7 Å². The number of rotatable bonds is 6. The average Bonchev–Trinajstić information content (AvgIpc) is 3.48. The molecular weight excluding hydrogens is 554 g/mol. The molecule has 220 valence electrons. The Hall–Kier alpha value is -4.12. The molecule has 5 heterocycles. The lowest BCUT2D eigenvalue weighted by molar-refractivity contribution is 0.0123. The van der Waals surface area contributed by atoms with Gasteiger partial charge in [0.25, 0.3) is 0 Å². The van der Waals surface area contributed by atoms with Crippen LogP contribution < -0.4 is 9.64 Å². The van der Waals surface area contributed by atoms with E-state index in [9.17, 15) is 13.2 Å². The van der Waals surface area contributed by atoms with Crippen LogP contribution in [0.5, 0.6) is 5.88 Å². The van der Waals surface area contributed by atoms with E-state index in [4.69, 9.17) is 9.47 Å². The van der Waals surface area contributed by atoms with Gasteiger partial charge in [-0.15, -0.1) is 0 Å². The molecule has 2 unspecified atom stereocenters. The van der Waals surface area contributed by atoms with Crippen LogP contribution in [0.1, 0.15) is 39.2 Å². The van der Waals surface area contributed by atoms with Gasteiger partial charge in [0.15, 0.2) is 5.65 Å². The Bertz CT molecular complexity index is 1720. The van der Waals surface area contributed by atoms with E-state index in [-0.39, 0.29) is 23.9 Å². The number of amides is 1. The molecule has 0 N–H and O–H groups in total. The van der Waals surface area contributed by atoms with Gasteiger partial charge in [-0.3, -0.25) is 4.90 Å². The van der Waals surface area contributed by atoms with Gasteiger partial charge in [0.05, 0.1) is 30.6 Å². The van der Waals surface area contributed by atoms with E-state index < -0.39 is 15.6 Å². The van der Waals surface area contributed by atoms with E-state index in [2.05, 4.69) is 14.9 Å². The van der Waals surface area contributed by atoms with E-state index in [0.717, 1.165) is 23.9 Å². The average molecular weight is 590 g/mol. The number of fused-ring (bicyclic) bond motifs is 3. The van der Waals surface area contributed by atoms with E-state index in [1.54, 1.807) is 36.7 Å². The summed E-state index contributed by atoms with van der Waals surface area (Å²) in [5.74, 6) is 0.199. The van der Waals surface area contributed by atoms with Gasteiger partial charge in [0.1, 0.15) is 5.60 Å². The van der Waals surface area contributed by atoms with Gasteiger partial charge in [-0.1, -0.05) is 30.3 Å². The van der Waals surface area contributed by atoms with Crippen molar-refractivity contribution in [2.24, 2.45) is 0 Å². The van der Waals surface area contributed by atoms with Gasteiger partial charge >= 0.3 is 6.09 Å². The zero-order valence-electron chi connectivity index (χ0n) is 24.2. The van der Waals surface area contributed by atoms with Gasteiger partial charge in [-0.2, -0.15) is 0 Å². The second-order valence-corrected chi connectivity index (χ2v) is 13.7. The second-order valence-electron chi connectivity index (χ2n) is 11.9. The molecule has 4 aromatic rings. The van der Waals surface area contributed by atoms with Crippen LogP contribution in [0, 0.1) is 0 Å². The monoisotopic (exact) mass is 589 g/mol. The van der Waals surface area contributed by atoms with Crippen molar-refractivity contribution in [3.05, 3.63) is 72.6 Å². The number of anilines is 1. The molecule has 11 heteroatoms. The highest BCUT2D eigenvalue weighted by Crippen LogP contribution is 2.39. The van der Waals surface area contributed by atoms with E-state index in [0.29, 0.717) is 41.4 Å². The van der Waals surface area contributed by atoms with Crippen LogP contribution in [0.4, 0.5) is 10.5 Å². The molecular formula is C31H35N5O5S. The highest BCUT2D eigenvalue weighted by Gasteiger charge is 2.44. The summed E-state index contributed by atoms with van der Waals surface area (Å²) in [4.78, 5) is 26.0. The lowest BCUT2D eigenvalue weighted by Crippen LogP contribution is -2.56. The van der Waals surface area contributed by atoms with Crippen molar-refractivity contribution in [2.45, 2.75) is 57.1 Å². The van der Waals surface area contributed by atoms with Crippen LogP contribution in [0.2, 0.25) is 0 Å². The first kappa shape index (κ1) is 28.0. The maximum Gasteiger partial charge on any atom is 0.410 e. The molecule has 2 aliphatic heterocycles.